The Morgan fingerprint density at radius 3 is 2.39 bits per heavy atom. The Morgan fingerprint density at radius 2 is 1.89 bits per heavy atom. The highest BCUT2D eigenvalue weighted by Crippen LogP contribution is 2.11. The molecular formula is C10H11FN4O2S. The van der Waals surface area contributed by atoms with Gasteiger partial charge in [0.25, 0.3) is 15.2 Å². The number of halogens is 1. The van der Waals surface area contributed by atoms with Gasteiger partial charge in [-0.25, -0.2) is 17.9 Å². The van der Waals surface area contributed by atoms with Gasteiger partial charge in [-0.15, -0.1) is 10.2 Å². The van der Waals surface area contributed by atoms with E-state index < -0.39 is 10.0 Å². The van der Waals surface area contributed by atoms with Crippen LogP contribution in [0.4, 0.5) is 4.39 Å². The standard InChI is InChI=1S/C10H11FN4O2S/c1-15-9(13-14-10(15)18(12,16)17)6-7-2-4-8(11)5-3-7/h2-5H,6H2,1H3,(H2,12,16,17). The van der Waals surface area contributed by atoms with E-state index in [-0.39, 0.29) is 11.0 Å². The highest BCUT2D eigenvalue weighted by Gasteiger charge is 2.18. The molecule has 2 N–H and O–H groups in total. The molecule has 1 aromatic carbocycles. The van der Waals surface area contributed by atoms with E-state index in [4.69, 9.17) is 5.14 Å². The van der Waals surface area contributed by atoms with Gasteiger partial charge in [0.1, 0.15) is 11.6 Å². The van der Waals surface area contributed by atoms with Crippen molar-refractivity contribution in [3.05, 3.63) is 41.5 Å². The van der Waals surface area contributed by atoms with Gasteiger partial charge >= 0.3 is 0 Å². The third-order valence-electron chi connectivity index (χ3n) is 2.46. The summed E-state index contributed by atoms with van der Waals surface area (Å²) in [6, 6.07) is 5.85. The summed E-state index contributed by atoms with van der Waals surface area (Å²) in [4.78, 5) is 0. The summed E-state index contributed by atoms with van der Waals surface area (Å²) in [6.07, 6.45) is 0.347. The molecule has 1 aromatic heterocycles. The third-order valence-corrected chi connectivity index (χ3v) is 3.32. The molecule has 0 aliphatic heterocycles. The van der Waals surface area contributed by atoms with Crippen LogP contribution in [0, 0.1) is 5.82 Å². The van der Waals surface area contributed by atoms with Crippen molar-refractivity contribution in [3.63, 3.8) is 0 Å². The zero-order chi connectivity index (χ0) is 13.3. The summed E-state index contributed by atoms with van der Waals surface area (Å²) in [5.41, 5.74) is 0.799. The molecule has 0 aliphatic carbocycles. The van der Waals surface area contributed by atoms with E-state index in [1.54, 1.807) is 12.1 Å². The Bertz CT molecular complexity index is 664. The number of nitrogens with two attached hydrogens (primary N) is 1. The highest BCUT2D eigenvalue weighted by atomic mass is 32.2. The van der Waals surface area contributed by atoms with Crippen molar-refractivity contribution < 1.29 is 12.8 Å². The lowest BCUT2D eigenvalue weighted by atomic mass is 10.1. The number of primary sulfonamides is 1. The van der Waals surface area contributed by atoms with Crippen LogP contribution in [-0.2, 0) is 23.5 Å². The maximum absolute atomic E-state index is 12.7. The van der Waals surface area contributed by atoms with Gasteiger partial charge in [0.05, 0.1) is 0 Å². The van der Waals surface area contributed by atoms with Crippen LogP contribution in [0.3, 0.4) is 0 Å². The van der Waals surface area contributed by atoms with Crippen molar-refractivity contribution in [1.82, 2.24) is 14.8 Å². The van der Waals surface area contributed by atoms with Crippen LogP contribution in [0.5, 0.6) is 0 Å². The number of nitrogens with zero attached hydrogens (tertiary/aromatic N) is 3. The monoisotopic (exact) mass is 270 g/mol. The van der Waals surface area contributed by atoms with E-state index in [1.165, 1.54) is 23.7 Å². The fourth-order valence-electron chi connectivity index (χ4n) is 1.53. The number of rotatable bonds is 3. The Hall–Kier alpha value is -1.80. The van der Waals surface area contributed by atoms with Gasteiger partial charge in [0.15, 0.2) is 0 Å². The Kier molecular flexibility index (Phi) is 3.14. The smallest absolute Gasteiger partial charge is 0.273 e. The van der Waals surface area contributed by atoms with Crippen molar-refractivity contribution in [2.45, 2.75) is 11.6 Å². The van der Waals surface area contributed by atoms with E-state index in [2.05, 4.69) is 10.2 Å². The zero-order valence-electron chi connectivity index (χ0n) is 9.54. The molecule has 1 heterocycles. The summed E-state index contributed by atoms with van der Waals surface area (Å²) in [5, 5.41) is 12.0. The molecule has 2 aromatic rings. The molecular weight excluding hydrogens is 259 g/mol. The molecule has 0 unspecified atom stereocenters. The van der Waals surface area contributed by atoms with Gasteiger partial charge < -0.3 is 4.57 Å². The quantitative estimate of drug-likeness (QED) is 0.862. The minimum absolute atomic E-state index is 0.292. The summed E-state index contributed by atoms with van der Waals surface area (Å²) in [5.74, 6) is 0.104. The molecule has 0 spiro atoms. The molecule has 0 amide bonds. The second-order valence-electron chi connectivity index (χ2n) is 3.81. The molecule has 0 saturated carbocycles. The lowest BCUT2D eigenvalue weighted by Gasteiger charge is -2.02. The Morgan fingerprint density at radius 1 is 1.28 bits per heavy atom. The lowest BCUT2D eigenvalue weighted by molar-refractivity contribution is 0.578. The van der Waals surface area contributed by atoms with Crippen LogP contribution in [0.1, 0.15) is 11.4 Å². The van der Waals surface area contributed by atoms with Crippen molar-refractivity contribution in [1.29, 1.82) is 0 Å². The van der Waals surface area contributed by atoms with Crippen LogP contribution in [-0.4, -0.2) is 23.2 Å². The minimum atomic E-state index is -3.88. The van der Waals surface area contributed by atoms with E-state index in [0.717, 1.165) is 5.56 Å². The summed E-state index contributed by atoms with van der Waals surface area (Å²) < 4.78 is 36.4. The van der Waals surface area contributed by atoms with Gasteiger partial charge in [-0.1, -0.05) is 12.1 Å². The van der Waals surface area contributed by atoms with E-state index >= 15 is 0 Å². The predicted molar refractivity (Wildman–Crippen MR) is 61.6 cm³/mol. The zero-order valence-corrected chi connectivity index (χ0v) is 10.4. The number of hydrogen-bond donors (Lipinski definition) is 1. The van der Waals surface area contributed by atoms with Crippen LogP contribution in [0.25, 0.3) is 0 Å². The second-order valence-corrected chi connectivity index (χ2v) is 5.26. The van der Waals surface area contributed by atoms with Crippen LogP contribution in [0.2, 0.25) is 0 Å². The fraction of sp³-hybridized carbons (Fsp3) is 0.200. The first-order valence-electron chi connectivity index (χ1n) is 5.03. The Balaban J connectivity index is 2.31. The molecule has 96 valence electrons. The average Bonchev–Trinajstić information content (AvgIpc) is 2.63. The Labute approximate surface area is 103 Å². The molecule has 0 fully saturated rings. The molecule has 2 rings (SSSR count). The maximum Gasteiger partial charge on any atom is 0.273 e. The van der Waals surface area contributed by atoms with Gasteiger partial charge in [0.2, 0.25) is 0 Å². The molecule has 0 saturated heterocycles. The summed E-state index contributed by atoms with van der Waals surface area (Å²) in [7, 11) is -2.37. The third kappa shape index (κ3) is 2.54. The number of hydrogen-bond acceptors (Lipinski definition) is 4. The molecule has 18 heavy (non-hydrogen) atoms. The number of sulfonamides is 1. The van der Waals surface area contributed by atoms with Crippen LogP contribution >= 0.6 is 0 Å². The molecule has 0 radical (unpaired) electrons. The molecule has 0 atom stereocenters. The second kappa shape index (κ2) is 4.46. The maximum atomic E-state index is 12.7. The largest absolute Gasteiger partial charge is 0.304 e. The highest BCUT2D eigenvalue weighted by molar-refractivity contribution is 7.89. The fourth-order valence-corrected chi connectivity index (χ4v) is 2.17. The van der Waals surface area contributed by atoms with Crippen molar-refractivity contribution in [2.75, 3.05) is 0 Å². The number of aromatic nitrogens is 3. The van der Waals surface area contributed by atoms with E-state index in [1.807, 2.05) is 0 Å². The summed E-state index contributed by atoms with van der Waals surface area (Å²) in [6.45, 7) is 0. The first-order valence-corrected chi connectivity index (χ1v) is 6.58. The first-order chi connectivity index (χ1) is 8.38. The topological polar surface area (TPSA) is 90.9 Å². The SMILES string of the molecule is Cn1c(Cc2ccc(F)cc2)nnc1S(N)(=O)=O. The lowest BCUT2D eigenvalue weighted by Crippen LogP contribution is -2.17. The van der Waals surface area contributed by atoms with Crippen LogP contribution < -0.4 is 5.14 Å². The molecule has 0 aliphatic rings. The van der Waals surface area contributed by atoms with Gasteiger partial charge in [-0.05, 0) is 17.7 Å². The minimum Gasteiger partial charge on any atom is -0.304 e. The molecule has 8 heteroatoms. The van der Waals surface area contributed by atoms with Gasteiger partial charge in [0, 0.05) is 13.5 Å². The van der Waals surface area contributed by atoms with Crippen molar-refractivity contribution >= 4 is 10.0 Å². The predicted octanol–water partition coefficient (Wildman–Crippen LogP) is 0.192. The van der Waals surface area contributed by atoms with Gasteiger partial charge in [-0.3, -0.25) is 0 Å². The van der Waals surface area contributed by atoms with E-state index in [9.17, 15) is 12.8 Å². The average molecular weight is 270 g/mol. The van der Waals surface area contributed by atoms with Crippen molar-refractivity contribution in [2.24, 2.45) is 12.2 Å². The molecule has 6 nitrogen and oxygen atoms in total. The normalized spacial score (nSPS) is 11.7. The van der Waals surface area contributed by atoms with Gasteiger partial charge in [-0.2, -0.15) is 0 Å². The van der Waals surface area contributed by atoms with Crippen molar-refractivity contribution in [3.8, 4) is 0 Å². The van der Waals surface area contributed by atoms with Crippen LogP contribution in [0.15, 0.2) is 29.4 Å². The molecule has 0 bridgehead atoms. The first kappa shape index (κ1) is 12.7. The van der Waals surface area contributed by atoms with E-state index in [0.29, 0.717) is 12.2 Å². The number of benzene rings is 1. The summed E-state index contributed by atoms with van der Waals surface area (Å²) >= 11 is 0.